The molecule has 1 aliphatic rings. The third kappa shape index (κ3) is 3.78. The maximum atomic E-state index is 4.91. The van der Waals surface area contributed by atoms with Crippen LogP contribution in [0.2, 0.25) is 0 Å². The van der Waals surface area contributed by atoms with Crippen molar-refractivity contribution in [2.75, 3.05) is 17.6 Å². The van der Waals surface area contributed by atoms with Gasteiger partial charge in [-0.3, -0.25) is 0 Å². The van der Waals surface area contributed by atoms with Crippen LogP contribution in [0.4, 0.5) is 5.82 Å². The maximum Gasteiger partial charge on any atom is 0.144 e. The largest absolute Gasteiger partial charge is 0.369 e. The molecule has 0 radical (unpaired) electrons. The number of nitrogens with zero attached hydrogens (tertiary/aromatic N) is 2. The molecule has 0 aliphatic carbocycles. The van der Waals surface area contributed by atoms with Gasteiger partial charge in [-0.15, -0.1) is 0 Å². The average molecular weight is 405 g/mol. The van der Waals surface area contributed by atoms with Gasteiger partial charge in [-0.1, -0.05) is 27.7 Å². The second kappa shape index (κ2) is 6.81. The number of rotatable bonds is 4. The quantitative estimate of drug-likeness (QED) is 0.733. The monoisotopic (exact) mass is 405 g/mol. The van der Waals surface area contributed by atoms with Gasteiger partial charge in [-0.2, -0.15) is 11.8 Å². The van der Waals surface area contributed by atoms with Crippen LogP contribution < -0.4 is 5.32 Å². The standard InChI is InChI=1S/C15H24IN3S/c1-5-8-17-14-11(16)12(15(2,3)4)18-13(19-14)10-7-6-9-20-10/h10H,5-9H2,1-4H3,(H,17,18,19). The Bertz CT molecular complexity index is 465. The molecular formula is C15H24IN3S. The smallest absolute Gasteiger partial charge is 0.144 e. The second-order valence-electron chi connectivity index (χ2n) is 6.27. The highest BCUT2D eigenvalue weighted by Gasteiger charge is 2.27. The lowest BCUT2D eigenvalue weighted by Crippen LogP contribution is -2.20. The van der Waals surface area contributed by atoms with Gasteiger partial charge in [0.25, 0.3) is 0 Å². The van der Waals surface area contributed by atoms with Gasteiger partial charge in [0, 0.05) is 12.0 Å². The zero-order chi connectivity index (χ0) is 14.8. The molecule has 0 amide bonds. The highest BCUT2D eigenvalue weighted by Crippen LogP contribution is 2.40. The SMILES string of the molecule is CCCNc1nc(C2CCCS2)nc(C(C)(C)C)c1I. The molecule has 5 heteroatoms. The molecule has 1 unspecified atom stereocenters. The van der Waals surface area contributed by atoms with Gasteiger partial charge >= 0.3 is 0 Å². The third-order valence-corrected chi connectivity index (χ3v) is 5.73. The molecule has 0 bridgehead atoms. The van der Waals surface area contributed by atoms with Crippen molar-refractivity contribution >= 4 is 40.2 Å². The van der Waals surface area contributed by atoms with Gasteiger partial charge in [-0.25, -0.2) is 9.97 Å². The molecule has 3 nitrogen and oxygen atoms in total. The summed E-state index contributed by atoms with van der Waals surface area (Å²) in [6.45, 7) is 9.83. The summed E-state index contributed by atoms with van der Waals surface area (Å²) in [5.41, 5.74) is 1.23. The molecule has 20 heavy (non-hydrogen) atoms. The van der Waals surface area contributed by atoms with Gasteiger partial charge in [0.05, 0.1) is 14.5 Å². The molecule has 1 aromatic heterocycles. The first-order valence-corrected chi connectivity index (χ1v) is 9.49. The summed E-state index contributed by atoms with van der Waals surface area (Å²) < 4.78 is 1.18. The lowest BCUT2D eigenvalue weighted by Gasteiger charge is -2.23. The number of hydrogen-bond donors (Lipinski definition) is 1. The van der Waals surface area contributed by atoms with E-state index in [9.17, 15) is 0 Å². The molecule has 1 saturated heterocycles. The van der Waals surface area contributed by atoms with Crippen LogP contribution in [0, 0.1) is 3.57 Å². The minimum absolute atomic E-state index is 0.0557. The Balaban J connectivity index is 2.42. The topological polar surface area (TPSA) is 37.8 Å². The van der Waals surface area contributed by atoms with Crippen LogP contribution in [-0.2, 0) is 5.41 Å². The lowest BCUT2D eigenvalue weighted by atomic mass is 9.91. The van der Waals surface area contributed by atoms with Crippen LogP contribution in [0.1, 0.15) is 63.7 Å². The first-order chi connectivity index (χ1) is 9.43. The van der Waals surface area contributed by atoms with Crippen LogP contribution in [0.3, 0.4) is 0 Å². The van der Waals surface area contributed by atoms with E-state index in [4.69, 9.17) is 9.97 Å². The summed E-state index contributed by atoms with van der Waals surface area (Å²) in [5, 5.41) is 3.95. The maximum absolute atomic E-state index is 4.91. The second-order valence-corrected chi connectivity index (χ2v) is 8.66. The molecule has 0 aromatic carbocycles. The summed E-state index contributed by atoms with van der Waals surface area (Å²) >= 11 is 4.39. The van der Waals surface area contributed by atoms with E-state index in [0.717, 1.165) is 24.6 Å². The Labute approximate surface area is 140 Å². The van der Waals surface area contributed by atoms with E-state index < -0.39 is 0 Å². The minimum atomic E-state index is 0.0557. The van der Waals surface area contributed by atoms with Crippen LogP contribution >= 0.6 is 34.4 Å². The van der Waals surface area contributed by atoms with Gasteiger partial charge in [0.2, 0.25) is 0 Å². The van der Waals surface area contributed by atoms with E-state index in [2.05, 4.69) is 55.6 Å². The van der Waals surface area contributed by atoms with E-state index in [-0.39, 0.29) is 5.41 Å². The van der Waals surface area contributed by atoms with Crippen molar-refractivity contribution in [2.45, 2.75) is 57.6 Å². The summed E-state index contributed by atoms with van der Waals surface area (Å²) in [5.74, 6) is 3.29. The van der Waals surface area contributed by atoms with Crippen molar-refractivity contribution < 1.29 is 0 Å². The molecule has 0 saturated carbocycles. The first kappa shape index (κ1) is 16.3. The first-order valence-electron chi connectivity index (χ1n) is 7.37. The number of anilines is 1. The molecule has 0 spiro atoms. The molecule has 1 aliphatic heterocycles. The Kier molecular flexibility index (Phi) is 5.56. The van der Waals surface area contributed by atoms with Gasteiger partial charge in [-0.05, 0) is 47.6 Å². The van der Waals surface area contributed by atoms with Crippen LogP contribution in [0.15, 0.2) is 0 Å². The molecule has 1 fully saturated rings. The Hall–Kier alpha value is -0.0400. The average Bonchev–Trinajstić information content (AvgIpc) is 2.90. The number of thioether (sulfide) groups is 1. The van der Waals surface area contributed by atoms with E-state index in [1.807, 2.05) is 11.8 Å². The van der Waals surface area contributed by atoms with E-state index in [0.29, 0.717) is 5.25 Å². The molecule has 112 valence electrons. The van der Waals surface area contributed by atoms with Crippen molar-refractivity contribution in [3.8, 4) is 0 Å². The van der Waals surface area contributed by atoms with E-state index >= 15 is 0 Å². The molecule has 1 N–H and O–H groups in total. The van der Waals surface area contributed by atoms with Gasteiger partial charge in [0.1, 0.15) is 11.6 Å². The summed E-state index contributed by atoms with van der Waals surface area (Å²) in [4.78, 5) is 9.73. The van der Waals surface area contributed by atoms with Crippen molar-refractivity contribution in [3.63, 3.8) is 0 Å². The lowest BCUT2D eigenvalue weighted by molar-refractivity contribution is 0.556. The third-order valence-electron chi connectivity index (χ3n) is 3.34. The Morgan fingerprint density at radius 3 is 2.65 bits per heavy atom. The molecule has 1 aromatic rings. The fourth-order valence-electron chi connectivity index (χ4n) is 2.25. The van der Waals surface area contributed by atoms with Gasteiger partial charge in [0.15, 0.2) is 0 Å². The number of aromatic nitrogens is 2. The highest BCUT2D eigenvalue weighted by molar-refractivity contribution is 14.1. The predicted molar refractivity (Wildman–Crippen MR) is 96.7 cm³/mol. The molecule has 2 heterocycles. The molecular weight excluding hydrogens is 381 g/mol. The number of nitrogens with one attached hydrogen (secondary N) is 1. The predicted octanol–water partition coefficient (Wildman–Crippen LogP) is 4.77. The van der Waals surface area contributed by atoms with Crippen LogP contribution in [0.5, 0.6) is 0 Å². The zero-order valence-corrected chi connectivity index (χ0v) is 15.8. The summed E-state index contributed by atoms with van der Waals surface area (Å²) in [7, 11) is 0. The van der Waals surface area contributed by atoms with E-state index in [1.165, 1.54) is 27.9 Å². The van der Waals surface area contributed by atoms with Crippen LogP contribution in [-0.4, -0.2) is 22.3 Å². The van der Waals surface area contributed by atoms with Crippen molar-refractivity contribution in [2.24, 2.45) is 0 Å². The molecule has 2 rings (SSSR count). The fraction of sp³-hybridized carbons (Fsp3) is 0.733. The van der Waals surface area contributed by atoms with Crippen LogP contribution in [0.25, 0.3) is 0 Å². The Morgan fingerprint density at radius 1 is 1.35 bits per heavy atom. The normalized spacial score (nSPS) is 19.4. The van der Waals surface area contributed by atoms with E-state index in [1.54, 1.807) is 0 Å². The van der Waals surface area contributed by atoms with Gasteiger partial charge < -0.3 is 5.32 Å². The number of halogens is 1. The minimum Gasteiger partial charge on any atom is -0.369 e. The summed E-state index contributed by atoms with van der Waals surface area (Å²) in [6, 6.07) is 0. The zero-order valence-electron chi connectivity index (χ0n) is 12.8. The highest BCUT2D eigenvalue weighted by atomic mass is 127. The van der Waals surface area contributed by atoms with Crippen molar-refractivity contribution in [1.82, 2.24) is 9.97 Å². The van der Waals surface area contributed by atoms with Crippen molar-refractivity contribution in [1.29, 1.82) is 0 Å². The number of hydrogen-bond acceptors (Lipinski definition) is 4. The molecule has 1 atom stereocenters. The fourth-order valence-corrected chi connectivity index (χ4v) is 4.69. The Morgan fingerprint density at radius 2 is 2.10 bits per heavy atom. The summed E-state index contributed by atoms with van der Waals surface area (Å²) in [6.07, 6.45) is 3.60. The van der Waals surface area contributed by atoms with Crippen molar-refractivity contribution in [3.05, 3.63) is 15.1 Å².